The van der Waals surface area contributed by atoms with Crippen LogP contribution in [0.1, 0.15) is 28.9 Å². The van der Waals surface area contributed by atoms with Crippen LogP contribution in [0.5, 0.6) is 0 Å². The number of carbonyl (C=O) groups excluding carboxylic acids is 1. The summed E-state index contributed by atoms with van der Waals surface area (Å²) in [6, 6.07) is 9.62. The van der Waals surface area contributed by atoms with Gasteiger partial charge in [-0.15, -0.1) is 24.8 Å². The molecule has 120 valence electrons. The van der Waals surface area contributed by atoms with Crippen molar-refractivity contribution in [3.05, 3.63) is 41.6 Å². The number of carbonyl (C=O) groups is 1. The second-order valence-electron chi connectivity index (χ2n) is 5.54. The maximum atomic E-state index is 12.4. The first-order chi connectivity index (χ1) is 9.65. The van der Waals surface area contributed by atoms with Crippen LogP contribution in [0.25, 0.3) is 10.9 Å². The monoisotopic (exact) mass is 341 g/mol. The summed E-state index contributed by atoms with van der Waals surface area (Å²) >= 11 is 0. The lowest BCUT2D eigenvalue weighted by Crippen LogP contribution is -2.38. The molecule has 4 nitrogen and oxygen atoms in total. The quantitative estimate of drug-likeness (QED) is 0.898. The third-order valence-corrected chi connectivity index (χ3v) is 3.81. The first kappa shape index (κ1) is 18.7. The van der Waals surface area contributed by atoms with Crippen molar-refractivity contribution in [3.63, 3.8) is 0 Å². The van der Waals surface area contributed by atoms with Crippen molar-refractivity contribution >= 4 is 41.6 Å². The molecule has 1 unspecified atom stereocenters. The lowest BCUT2D eigenvalue weighted by molar-refractivity contribution is 0.0952. The van der Waals surface area contributed by atoms with Crippen LogP contribution in [0.3, 0.4) is 0 Å². The smallest absolute Gasteiger partial charge is 0.252 e. The minimum Gasteiger partial charge on any atom is -0.350 e. The lowest BCUT2D eigenvalue weighted by Gasteiger charge is -2.13. The second-order valence-corrected chi connectivity index (χ2v) is 5.54. The van der Waals surface area contributed by atoms with Gasteiger partial charge in [0.1, 0.15) is 0 Å². The Labute approximate surface area is 142 Å². The summed E-state index contributed by atoms with van der Waals surface area (Å²) in [7, 11) is 0. The number of hydrogen-bond donors (Lipinski definition) is 2. The normalized spacial score (nSPS) is 14.6. The van der Waals surface area contributed by atoms with Crippen molar-refractivity contribution in [2.24, 2.45) is 11.7 Å². The molecule has 0 aliphatic heterocycles. The molecule has 6 heteroatoms. The van der Waals surface area contributed by atoms with Gasteiger partial charge in [0.15, 0.2) is 0 Å². The van der Waals surface area contributed by atoms with Crippen LogP contribution in [0, 0.1) is 12.8 Å². The zero-order valence-electron chi connectivity index (χ0n) is 12.4. The van der Waals surface area contributed by atoms with E-state index in [1.165, 1.54) is 12.8 Å². The SMILES string of the molecule is Cc1cc(C(=O)NCC(N)C2CC2)c2ccccc2n1.Cl.Cl. The van der Waals surface area contributed by atoms with Crippen molar-refractivity contribution < 1.29 is 4.79 Å². The summed E-state index contributed by atoms with van der Waals surface area (Å²) in [4.78, 5) is 16.8. The highest BCUT2D eigenvalue weighted by Gasteiger charge is 2.28. The van der Waals surface area contributed by atoms with Crippen LogP contribution in [-0.2, 0) is 0 Å². The Morgan fingerprint density at radius 3 is 2.73 bits per heavy atom. The number of nitrogens with zero attached hydrogens (tertiary/aromatic N) is 1. The Balaban J connectivity index is 0.00000121. The van der Waals surface area contributed by atoms with Crippen LogP contribution in [0.4, 0.5) is 0 Å². The molecule has 1 heterocycles. The van der Waals surface area contributed by atoms with Crippen LogP contribution >= 0.6 is 24.8 Å². The number of pyridine rings is 1. The molecule has 1 aromatic carbocycles. The van der Waals surface area contributed by atoms with E-state index >= 15 is 0 Å². The van der Waals surface area contributed by atoms with Gasteiger partial charge in [-0.1, -0.05) is 18.2 Å². The zero-order valence-corrected chi connectivity index (χ0v) is 14.0. The van der Waals surface area contributed by atoms with Gasteiger partial charge in [0.25, 0.3) is 5.91 Å². The van der Waals surface area contributed by atoms with E-state index in [1.807, 2.05) is 37.3 Å². The van der Waals surface area contributed by atoms with E-state index in [1.54, 1.807) is 0 Å². The Kier molecular flexibility index (Phi) is 6.60. The molecule has 1 atom stereocenters. The number of nitrogens with two attached hydrogens (primary N) is 1. The molecule has 2 aromatic rings. The molecule has 3 rings (SSSR count). The fourth-order valence-electron chi connectivity index (χ4n) is 2.49. The molecule has 3 N–H and O–H groups in total. The summed E-state index contributed by atoms with van der Waals surface area (Å²) < 4.78 is 0. The Morgan fingerprint density at radius 1 is 1.36 bits per heavy atom. The summed E-state index contributed by atoms with van der Waals surface area (Å²) in [6.45, 7) is 2.44. The minimum absolute atomic E-state index is 0. The highest BCUT2D eigenvalue weighted by Crippen LogP contribution is 2.31. The number of aryl methyl sites for hydroxylation is 1. The predicted octanol–water partition coefficient (Wildman–Crippen LogP) is 2.85. The average molecular weight is 342 g/mol. The maximum absolute atomic E-state index is 12.4. The Bertz CT molecular complexity index is 659. The van der Waals surface area contributed by atoms with E-state index in [4.69, 9.17) is 5.73 Å². The molecular weight excluding hydrogens is 321 g/mol. The van der Waals surface area contributed by atoms with Gasteiger partial charge < -0.3 is 11.1 Å². The Hall–Kier alpha value is -1.36. The lowest BCUT2D eigenvalue weighted by atomic mass is 10.1. The molecule has 1 amide bonds. The number of halogens is 2. The fourth-order valence-corrected chi connectivity index (χ4v) is 2.49. The number of nitrogens with one attached hydrogen (secondary N) is 1. The highest BCUT2D eigenvalue weighted by molar-refractivity contribution is 6.06. The third kappa shape index (κ3) is 4.09. The zero-order chi connectivity index (χ0) is 14.1. The van der Waals surface area contributed by atoms with Gasteiger partial charge in [0.2, 0.25) is 0 Å². The van der Waals surface area contributed by atoms with Crippen LogP contribution in [0.2, 0.25) is 0 Å². The van der Waals surface area contributed by atoms with Crippen molar-refractivity contribution in [3.8, 4) is 0 Å². The van der Waals surface area contributed by atoms with Crippen molar-refractivity contribution in [2.45, 2.75) is 25.8 Å². The first-order valence-corrected chi connectivity index (χ1v) is 7.05. The number of aromatic nitrogens is 1. The topological polar surface area (TPSA) is 68.0 Å². The van der Waals surface area contributed by atoms with Crippen molar-refractivity contribution in [1.29, 1.82) is 0 Å². The fraction of sp³-hybridized carbons (Fsp3) is 0.375. The summed E-state index contributed by atoms with van der Waals surface area (Å²) in [6.07, 6.45) is 2.38. The molecule has 22 heavy (non-hydrogen) atoms. The van der Waals surface area contributed by atoms with Gasteiger partial charge in [-0.2, -0.15) is 0 Å². The molecule has 0 saturated heterocycles. The number of fused-ring (bicyclic) bond motifs is 1. The van der Waals surface area contributed by atoms with Crippen LogP contribution in [-0.4, -0.2) is 23.5 Å². The van der Waals surface area contributed by atoms with E-state index in [2.05, 4.69) is 10.3 Å². The number of benzene rings is 1. The largest absolute Gasteiger partial charge is 0.350 e. The van der Waals surface area contributed by atoms with E-state index in [0.717, 1.165) is 16.6 Å². The van der Waals surface area contributed by atoms with Crippen LogP contribution < -0.4 is 11.1 Å². The van der Waals surface area contributed by atoms with Crippen molar-refractivity contribution in [2.75, 3.05) is 6.54 Å². The van der Waals surface area contributed by atoms with Gasteiger partial charge in [0, 0.05) is 23.7 Å². The van der Waals surface area contributed by atoms with E-state index in [9.17, 15) is 4.79 Å². The van der Waals surface area contributed by atoms with Gasteiger partial charge in [-0.3, -0.25) is 9.78 Å². The molecule has 1 fully saturated rings. The van der Waals surface area contributed by atoms with Gasteiger partial charge in [0.05, 0.1) is 11.1 Å². The van der Waals surface area contributed by atoms with Gasteiger partial charge in [-0.25, -0.2) is 0 Å². The third-order valence-electron chi connectivity index (χ3n) is 3.81. The predicted molar refractivity (Wildman–Crippen MR) is 94.0 cm³/mol. The van der Waals surface area contributed by atoms with Crippen LogP contribution in [0.15, 0.2) is 30.3 Å². The van der Waals surface area contributed by atoms with Gasteiger partial charge >= 0.3 is 0 Å². The minimum atomic E-state index is -0.0669. The molecule has 1 aliphatic rings. The molecular formula is C16H21Cl2N3O. The Morgan fingerprint density at radius 2 is 2.05 bits per heavy atom. The van der Waals surface area contributed by atoms with Gasteiger partial charge in [-0.05, 0) is 37.8 Å². The van der Waals surface area contributed by atoms with E-state index < -0.39 is 0 Å². The number of rotatable bonds is 4. The number of hydrogen-bond acceptors (Lipinski definition) is 3. The summed E-state index contributed by atoms with van der Waals surface area (Å²) in [5, 5.41) is 3.83. The van der Waals surface area contributed by atoms with E-state index in [0.29, 0.717) is 18.0 Å². The number of para-hydroxylation sites is 1. The molecule has 0 radical (unpaired) electrons. The molecule has 1 aromatic heterocycles. The standard InChI is InChI=1S/C16H19N3O.2ClH/c1-10-8-13(12-4-2-3-5-15(12)19-10)16(20)18-9-14(17)11-6-7-11;;/h2-5,8,11,14H,6-7,9,17H2,1H3,(H,18,20);2*1H. The molecule has 0 bridgehead atoms. The van der Waals surface area contributed by atoms with Crippen molar-refractivity contribution in [1.82, 2.24) is 10.3 Å². The summed E-state index contributed by atoms with van der Waals surface area (Å²) in [5.41, 5.74) is 8.40. The summed E-state index contributed by atoms with van der Waals surface area (Å²) in [5.74, 6) is 0.522. The highest BCUT2D eigenvalue weighted by atomic mass is 35.5. The number of amides is 1. The average Bonchev–Trinajstić information content (AvgIpc) is 3.28. The van der Waals surface area contributed by atoms with E-state index in [-0.39, 0.29) is 36.8 Å². The molecule has 1 saturated carbocycles. The maximum Gasteiger partial charge on any atom is 0.252 e. The second kappa shape index (κ2) is 7.77. The molecule has 0 spiro atoms. The first-order valence-electron chi connectivity index (χ1n) is 7.05. The molecule has 1 aliphatic carbocycles.